The third kappa shape index (κ3) is 5.09. The molecule has 2 atom stereocenters. The number of alkyl halides is 3. The minimum atomic E-state index is -4.58. The van der Waals surface area contributed by atoms with Crippen LogP contribution in [0.1, 0.15) is 62.2 Å². The van der Waals surface area contributed by atoms with Gasteiger partial charge in [-0.25, -0.2) is 0 Å². The molecule has 1 aromatic heterocycles. The highest BCUT2D eigenvalue weighted by Gasteiger charge is 2.32. The zero-order chi connectivity index (χ0) is 23.8. The van der Waals surface area contributed by atoms with E-state index in [1.807, 2.05) is 44.1 Å². The van der Waals surface area contributed by atoms with Crippen molar-refractivity contribution in [3.05, 3.63) is 46.6 Å². The molecule has 0 aliphatic carbocycles. The highest BCUT2D eigenvalue weighted by atomic mass is 19.4. The van der Waals surface area contributed by atoms with Crippen molar-refractivity contribution in [2.24, 2.45) is 12.0 Å². The third-order valence-corrected chi connectivity index (χ3v) is 5.68. The molecule has 1 amide bonds. The fourth-order valence-corrected chi connectivity index (χ4v) is 4.01. The SMILES string of the molecule is COc1ccc(C(F)(F)F)cc1C(=O)N=c1cc(C(C)(C)C)n(C)n1C[C@H]1CC[C@@H](C)O1. The van der Waals surface area contributed by atoms with Gasteiger partial charge in [-0.15, -0.1) is 0 Å². The molecule has 1 saturated heterocycles. The Morgan fingerprint density at radius 3 is 2.44 bits per heavy atom. The Hall–Kier alpha value is -2.55. The van der Waals surface area contributed by atoms with E-state index < -0.39 is 17.6 Å². The van der Waals surface area contributed by atoms with Crippen molar-refractivity contribution < 1.29 is 27.4 Å². The number of methoxy groups -OCH3 is 1. The van der Waals surface area contributed by atoms with Crippen LogP contribution in [0.4, 0.5) is 13.2 Å². The zero-order valence-corrected chi connectivity index (χ0v) is 19.3. The molecule has 9 heteroatoms. The van der Waals surface area contributed by atoms with Crippen LogP contribution in [0.25, 0.3) is 0 Å². The maximum absolute atomic E-state index is 13.2. The van der Waals surface area contributed by atoms with Gasteiger partial charge in [0.05, 0.1) is 37.0 Å². The molecule has 0 unspecified atom stereocenters. The average Bonchev–Trinajstić information content (AvgIpc) is 3.24. The third-order valence-electron chi connectivity index (χ3n) is 5.68. The number of aromatic nitrogens is 2. The summed E-state index contributed by atoms with van der Waals surface area (Å²) in [5.41, 5.74) is -0.0937. The van der Waals surface area contributed by atoms with Crippen LogP contribution in [0.2, 0.25) is 0 Å². The lowest BCUT2D eigenvalue weighted by Crippen LogP contribution is -2.30. The molecule has 0 N–H and O–H groups in total. The summed E-state index contributed by atoms with van der Waals surface area (Å²) in [4.78, 5) is 17.2. The predicted octanol–water partition coefficient (Wildman–Crippen LogP) is 4.46. The Labute approximate surface area is 185 Å². The van der Waals surface area contributed by atoms with Crippen LogP contribution in [-0.4, -0.2) is 34.6 Å². The maximum atomic E-state index is 13.2. The van der Waals surface area contributed by atoms with E-state index in [-0.39, 0.29) is 28.9 Å². The number of nitrogens with zero attached hydrogens (tertiary/aromatic N) is 3. The van der Waals surface area contributed by atoms with E-state index >= 15 is 0 Å². The Kier molecular flexibility index (Phi) is 6.60. The van der Waals surface area contributed by atoms with E-state index in [1.54, 1.807) is 6.07 Å². The van der Waals surface area contributed by atoms with Crippen LogP contribution in [-0.2, 0) is 29.9 Å². The van der Waals surface area contributed by atoms with Crippen molar-refractivity contribution in [1.29, 1.82) is 0 Å². The van der Waals surface area contributed by atoms with Gasteiger partial charge in [0, 0.05) is 24.2 Å². The molecule has 1 fully saturated rings. The maximum Gasteiger partial charge on any atom is 0.416 e. The second kappa shape index (κ2) is 8.77. The molecular weight excluding hydrogens is 423 g/mol. The largest absolute Gasteiger partial charge is 0.496 e. The smallest absolute Gasteiger partial charge is 0.416 e. The lowest BCUT2D eigenvalue weighted by Gasteiger charge is -2.22. The first-order chi connectivity index (χ1) is 14.8. The van der Waals surface area contributed by atoms with Gasteiger partial charge in [-0.3, -0.25) is 14.2 Å². The number of amides is 1. The van der Waals surface area contributed by atoms with E-state index in [2.05, 4.69) is 4.99 Å². The highest BCUT2D eigenvalue weighted by Crippen LogP contribution is 2.33. The molecule has 0 saturated carbocycles. The van der Waals surface area contributed by atoms with Gasteiger partial charge in [0.15, 0.2) is 5.49 Å². The Morgan fingerprint density at radius 1 is 1.22 bits per heavy atom. The number of benzene rings is 1. The van der Waals surface area contributed by atoms with Gasteiger partial charge in [0.1, 0.15) is 5.75 Å². The molecular formula is C23H30F3N3O3. The van der Waals surface area contributed by atoms with E-state index in [1.165, 1.54) is 7.11 Å². The number of hydrogen-bond acceptors (Lipinski definition) is 3. The van der Waals surface area contributed by atoms with Crippen LogP contribution in [0.15, 0.2) is 29.3 Å². The number of hydrogen-bond donors (Lipinski definition) is 0. The molecule has 176 valence electrons. The Bertz CT molecular complexity index is 1060. The summed E-state index contributed by atoms with van der Waals surface area (Å²) >= 11 is 0. The lowest BCUT2D eigenvalue weighted by molar-refractivity contribution is -0.137. The van der Waals surface area contributed by atoms with Crippen molar-refractivity contribution in [3.63, 3.8) is 0 Å². The number of carbonyl (C=O) groups excluding carboxylic acids is 1. The second-order valence-electron chi connectivity index (χ2n) is 9.22. The average molecular weight is 454 g/mol. The van der Waals surface area contributed by atoms with Crippen molar-refractivity contribution in [2.45, 2.75) is 70.9 Å². The van der Waals surface area contributed by atoms with Crippen LogP contribution < -0.4 is 10.2 Å². The molecule has 1 aliphatic heterocycles. The monoisotopic (exact) mass is 453 g/mol. The minimum absolute atomic E-state index is 0.0245. The first-order valence-electron chi connectivity index (χ1n) is 10.6. The molecule has 2 aromatic rings. The molecule has 6 nitrogen and oxygen atoms in total. The van der Waals surface area contributed by atoms with E-state index in [4.69, 9.17) is 9.47 Å². The molecule has 1 aliphatic rings. The summed E-state index contributed by atoms with van der Waals surface area (Å²) in [6, 6.07) is 4.61. The fourth-order valence-electron chi connectivity index (χ4n) is 4.01. The van der Waals surface area contributed by atoms with Crippen molar-refractivity contribution >= 4 is 5.91 Å². The standard InChI is InChI=1S/C23H30F3N3O3/c1-14-7-9-16(32-14)13-29-20(12-19(28(29)5)22(2,3)4)27-21(30)17-11-15(23(24,25)26)8-10-18(17)31-6/h8,10-12,14,16H,7,9,13H2,1-6H3/t14-,16-/m1/s1. The molecule has 32 heavy (non-hydrogen) atoms. The summed E-state index contributed by atoms with van der Waals surface area (Å²) in [7, 11) is 3.19. The van der Waals surface area contributed by atoms with E-state index in [0.29, 0.717) is 12.0 Å². The fraction of sp³-hybridized carbons (Fsp3) is 0.565. The summed E-state index contributed by atoms with van der Waals surface area (Å²) in [6.07, 6.45) is -2.60. The molecule has 2 heterocycles. The van der Waals surface area contributed by atoms with Gasteiger partial charge in [-0.05, 0) is 38.0 Å². The summed E-state index contributed by atoms with van der Waals surface area (Å²) in [5, 5.41) is 0. The number of halogens is 3. The summed E-state index contributed by atoms with van der Waals surface area (Å²) in [5.74, 6) is -0.758. The van der Waals surface area contributed by atoms with E-state index in [0.717, 1.165) is 36.7 Å². The van der Waals surface area contributed by atoms with Crippen LogP contribution in [0.5, 0.6) is 5.75 Å². The number of ether oxygens (including phenoxy) is 2. The van der Waals surface area contributed by atoms with Gasteiger partial charge < -0.3 is 9.47 Å². The molecule has 1 aromatic carbocycles. The van der Waals surface area contributed by atoms with Gasteiger partial charge >= 0.3 is 6.18 Å². The number of rotatable bonds is 4. The first kappa shape index (κ1) is 24.1. The Balaban J connectivity index is 2.10. The minimum Gasteiger partial charge on any atom is -0.496 e. The molecule has 0 spiro atoms. The molecule has 3 rings (SSSR count). The molecule has 0 bridgehead atoms. The second-order valence-corrected chi connectivity index (χ2v) is 9.22. The highest BCUT2D eigenvalue weighted by molar-refractivity contribution is 5.97. The van der Waals surface area contributed by atoms with Crippen LogP contribution >= 0.6 is 0 Å². The summed E-state index contributed by atoms with van der Waals surface area (Å²) in [6.45, 7) is 8.64. The van der Waals surface area contributed by atoms with Crippen molar-refractivity contribution in [2.75, 3.05) is 7.11 Å². The first-order valence-corrected chi connectivity index (χ1v) is 10.6. The van der Waals surface area contributed by atoms with Crippen molar-refractivity contribution in [3.8, 4) is 5.75 Å². The topological polar surface area (TPSA) is 57.8 Å². The number of carbonyl (C=O) groups is 1. The van der Waals surface area contributed by atoms with Crippen molar-refractivity contribution in [1.82, 2.24) is 9.36 Å². The predicted molar refractivity (Wildman–Crippen MR) is 114 cm³/mol. The quantitative estimate of drug-likeness (QED) is 0.687. The van der Waals surface area contributed by atoms with E-state index in [9.17, 15) is 18.0 Å². The summed E-state index contributed by atoms with van der Waals surface area (Å²) < 4.78 is 54.4. The normalized spacial score (nSPS) is 20.1. The van der Waals surface area contributed by atoms with Crippen LogP contribution in [0.3, 0.4) is 0 Å². The van der Waals surface area contributed by atoms with Crippen LogP contribution in [0, 0.1) is 0 Å². The zero-order valence-electron chi connectivity index (χ0n) is 19.3. The van der Waals surface area contributed by atoms with Gasteiger partial charge in [0.25, 0.3) is 5.91 Å². The van der Waals surface area contributed by atoms with Gasteiger partial charge in [-0.1, -0.05) is 20.8 Å². The molecule has 0 radical (unpaired) electrons. The lowest BCUT2D eigenvalue weighted by atomic mass is 9.92. The van der Waals surface area contributed by atoms with Gasteiger partial charge in [0.2, 0.25) is 0 Å². The Morgan fingerprint density at radius 2 is 1.91 bits per heavy atom. The van der Waals surface area contributed by atoms with Gasteiger partial charge in [-0.2, -0.15) is 18.2 Å².